The molecule has 80 valence electrons. The zero-order chi connectivity index (χ0) is 10.3. The van der Waals surface area contributed by atoms with E-state index in [1.165, 1.54) is 0 Å². The van der Waals surface area contributed by atoms with E-state index in [-0.39, 0.29) is 0 Å². The molecule has 0 radical (unpaired) electrons. The molecule has 0 unspecified atom stereocenters. The molecule has 2 aliphatic heterocycles. The van der Waals surface area contributed by atoms with Gasteiger partial charge in [-0.05, 0) is 19.1 Å². The van der Waals surface area contributed by atoms with Crippen molar-refractivity contribution < 1.29 is 13.6 Å². The van der Waals surface area contributed by atoms with Crippen LogP contribution in [0.3, 0.4) is 0 Å². The summed E-state index contributed by atoms with van der Waals surface area (Å²) in [7, 11) is -2.26. The van der Waals surface area contributed by atoms with Crippen LogP contribution in [-0.2, 0) is 4.52 Å². The summed E-state index contributed by atoms with van der Waals surface area (Å²) in [5.74, 6) is 1.59. The number of hydrogen-bond acceptors (Lipinski definition) is 4. The van der Waals surface area contributed by atoms with E-state index in [0.29, 0.717) is 6.61 Å². The molecule has 1 saturated heterocycles. The zero-order valence-corrected chi connectivity index (χ0v) is 9.44. The van der Waals surface area contributed by atoms with Crippen molar-refractivity contribution >= 4 is 8.09 Å². The standard InChI is InChI=1S/C10H13NO3P/c1-2-11-7-8-12-15(11)13-9-5-3-4-6-10(9)14-15/h3-6H,2,7-8H2,1H3/q+1. The summed E-state index contributed by atoms with van der Waals surface area (Å²) in [5, 5.41) is 0. The molecule has 5 heteroatoms. The fraction of sp³-hybridized carbons (Fsp3) is 0.400. The van der Waals surface area contributed by atoms with Crippen LogP contribution in [0.5, 0.6) is 11.5 Å². The molecule has 1 aromatic carbocycles. The second-order valence-corrected chi connectivity index (χ2v) is 5.60. The van der Waals surface area contributed by atoms with Crippen LogP contribution in [0.15, 0.2) is 24.3 Å². The van der Waals surface area contributed by atoms with Crippen molar-refractivity contribution in [3.63, 3.8) is 0 Å². The Morgan fingerprint density at radius 1 is 1.27 bits per heavy atom. The summed E-state index contributed by atoms with van der Waals surface area (Å²) >= 11 is 0. The molecule has 0 aromatic heterocycles. The van der Waals surface area contributed by atoms with Gasteiger partial charge < -0.3 is 0 Å². The number of para-hydroxylation sites is 2. The lowest BCUT2D eigenvalue weighted by molar-refractivity contribution is 0.293. The minimum atomic E-state index is -2.26. The number of rotatable bonds is 1. The highest BCUT2D eigenvalue weighted by Crippen LogP contribution is 2.71. The van der Waals surface area contributed by atoms with Crippen LogP contribution in [-0.4, -0.2) is 24.4 Å². The maximum absolute atomic E-state index is 5.85. The van der Waals surface area contributed by atoms with Crippen LogP contribution < -0.4 is 9.05 Å². The molecule has 0 N–H and O–H groups in total. The Morgan fingerprint density at radius 2 is 1.93 bits per heavy atom. The van der Waals surface area contributed by atoms with E-state index < -0.39 is 8.09 Å². The van der Waals surface area contributed by atoms with Gasteiger partial charge in [-0.25, -0.2) is 0 Å². The van der Waals surface area contributed by atoms with Crippen molar-refractivity contribution in [2.45, 2.75) is 6.92 Å². The van der Waals surface area contributed by atoms with Gasteiger partial charge in [-0.15, -0.1) is 4.52 Å². The third-order valence-corrected chi connectivity index (χ3v) is 5.13. The molecule has 1 spiro atoms. The van der Waals surface area contributed by atoms with Crippen LogP contribution in [0.4, 0.5) is 0 Å². The van der Waals surface area contributed by atoms with E-state index in [1.807, 2.05) is 24.3 Å². The van der Waals surface area contributed by atoms with Gasteiger partial charge in [-0.3, -0.25) is 9.05 Å². The van der Waals surface area contributed by atoms with Gasteiger partial charge in [0, 0.05) is 6.54 Å². The van der Waals surface area contributed by atoms with Gasteiger partial charge in [0.2, 0.25) is 11.5 Å². The van der Waals surface area contributed by atoms with Gasteiger partial charge in [0.05, 0.1) is 6.54 Å². The highest BCUT2D eigenvalue weighted by atomic mass is 31.2. The van der Waals surface area contributed by atoms with Crippen molar-refractivity contribution in [2.24, 2.45) is 0 Å². The average Bonchev–Trinajstić information content (AvgIpc) is 2.81. The molecule has 0 amide bonds. The highest BCUT2D eigenvalue weighted by molar-refractivity contribution is 7.60. The van der Waals surface area contributed by atoms with Crippen molar-refractivity contribution in [3.8, 4) is 11.5 Å². The predicted molar refractivity (Wildman–Crippen MR) is 57.8 cm³/mol. The first-order valence-corrected chi connectivity index (χ1v) is 6.61. The molecule has 4 nitrogen and oxygen atoms in total. The summed E-state index contributed by atoms with van der Waals surface area (Å²) in [5.41, 5.74) is 0. The molecule has 3 rings (SSSR count). The molecule has 1 fully saturated rings. The third-order valence-electron chi connectivity index (χ3n) is 2.59. The molecule has 0 aliphatic carbocycles. The first kappa shape index (κ1) is 9.40. The number of fused-ring (bicyclic) bond motifs is 1. The highest BCUT2D eigenvalue weighted by Gasteiger charge is 2.64. The Labute approximate surface area is 89.4 Å². The Bertz CT molecular complexity index is 360. The molecule has 0 bridgehead atoms. The first-order chi connectivity index (χ1) is 7.34. The lowest BCUT2D eigenvalue weighted by Crippen LogP contribution is -2.23. The van der Waals surface area contributed by atoms with E-state index in [1.54, 1.807) is 0 Å². The van der Waals surface area contributed by atoms with Crippen LogP contribution >= 0.6 is 8.09 Å². The van der Waals surface area contributed by atoms with Crippen LogP contribution in [0.1, 0.15) is 6.92 Å². The minimum Gasteiger partial charge on any atom is -0.259 e. The van der Waals surface area contributed by atoms with E-state index in [2.05, 4.69) is 11.6 Å². The number of nitrogens with zero attached hydrogens (tertiary/aromatic N) is 1. The normalized spacial score (nSPS) is 22.5. The van der Waals surface area contributed by atoms with Crippen LogP contribution in [0, 0.1) is 0 Å². The molecule has 2 aliphatic rings. The Hall–Kier alpha value is -0.830. The molecule has 0 saturated carbocycles. The molecule has 0 atom stereocenters. The Morgan fingerprint density at radius 3 is 2.53 bits per heavy atom. The lowest BCUT2D eigenvalue weighted by Gasteiger charge is -2.16. The van der Waals surface area contributed by atoms with Crippen LogP contribution in [0.2, 0.25) is 0 Å². The fourth-order valence-corrected chi connectivity index (χ4v) is 4.15. The summed E-state index contributed by atoms with van der Waals surface area (Å²) in [4.78, 5) is 0. The first-order valence-electron chi connectivity index (χ1n) is 5.11. The van der Waals surface area contributed by atoms with Crippen LogP contribution in [0.25, 0.3) is 0 Å². The Kier molecular flexibility index (Phi) is 2.09. The van der Waals surface area contributed by atoms with Gasteiger partial charge in [-0.2, -0.15) is 0 Å². The molecular weight excluding hydrogens is 213 g/mol. The summed E-state index contributed by atoms with van der Waals surface area (Å²) in [6, 6.07) is 7.71. The summed E-state index contributed by atoms with van der Waals surface area (Å²) < 4.78 is 19.5. The maximum atomic E-state index is 5.85. The van der Waals surface area contributed by atoms with Gasteiger partial charge in [-0.1, -0.05) is 16.8 Å². The van der Waals surface area contributed by atoms with Crippen molar-refractivity contribution in [3.05, 3.63) is 24.3 Å². The quantitative estimate of drug-likeness (QED) is 0.688. The summed E-state index contributed by atoms with van der Waals surface area (Å²) in [6.45, 7) is 4.56. The fourth-order valence-electron chi connectivity index (χ4n) is 1.83. The topological polar surface area (TPSA) is 30.9 Å². The SMILES string of the molecule is CCN1CCO[P+]12Oc1ccccc1O2. The minimum absolute atomic E-state index is 0.690. The number of likely N-dealkylation sites (N-methyl/N-ethyl adjacent to an activating group) is 1. The van der Waals surface area contributed by atoms with Gasteiger partial charge >= 0.3 is 8.09 Å². The average molecular weight is 226 g/mol. The number of hydrogen-bond donors (Lipinski definition) is 0. The lowest BCUT2D eigenvalue weighted by atomic mass is 10.3. The van der Waals surface area contributed by atoms with Gasteiger partial charge in [0.25, 0.3) is 0 Å². The van der Waals surface area contributed by atoms with Crippen molar-refractivity contribution in [1.29, 1.82) is 0 Å². The summed E-state index contributed by atoms with van der Waals surface area (Å²) in [6.07, 6.45) is 0. The third kappa shape index (κ3) is 1.33. The van der Waals surface area contributed by atoms with E-state index in [0.717, 1.165) is 24.6 Å². The van der Waals surface area contributed by atoms with Crippen molar-refractivity contribution in [1.82, 2.24) is 4.67 Å². The van der Waals surface area contributed by atoms with E-state index in [4.69, 9.17) is 13.6 Å². The van der Waals surface area contributed by atoms with Gasteiger partial charge in [0.1, 0.15) is 6.61 Å². The molecule has 2 heterocycles. The monoisotopic (exact) mass is 226 g/mol. The largest absolute Gasteiger partial charge is 0.595 e. The Balaban J connectivity index is 1.94. The van der Waals surface area contributed by atoms with Crippen molar-refractivity contribution in [2.75, 3.05) is 19.7 Å². The van der Waals surface area contributed by atoms with Gasteiger partial charge in [0.15, 0.2) is 0 Å². The maximum Gasteiger partial charge on any atom is 0.595 e. The number of benzene rings is 1. The predicted octanol–water partition coefficient (Wildman–Crippen LogP) is 2.49. The second kappa shape index (κ2) is 3.34. The zero-order valence-electron chi connectivity index (χ0n) is 8.55. The molecular formula is C10H13NO3P+. The smallest absolute Gasteiger partial charge is 0.259 e. The molecule has 15 heavy (non-hydrogen) atoms. The van der Waals surface area contributed by atoms with E-state index >= 15 is 0 Å². The second-order valence-electron chi connectivity index (χ2n) is 3.48. The van der Waals surface area contributed by atoms with E-state index in [9.17, 15) is 0 Å². The molecule has 1 aromatic rings.